The van der Waals surface area contributed by atoms with Gasteiger partial charge in [0, 0.05) is 16.5 Å². The van der Waals surface area contributed by atoms with E-state index in [0.717, 1.165) is 28.7 Å². The summed E-state index contributed by atoms with van der Waals surface area (Å²) in [6.07, 6.45) is 0.843. The molecule has 0 aliphatic carbocycles. The summed E-state index contributed by atoms with van der Waals surface area (Å²) in [4.78, 5) is 0. The van der Waals surface area contributed by atoms with Crippen LogP contribution in [0.1, 0.15) is 89.0 Å². The fraction of sp³-hybridized carbons (Fsp3) is 0.500. The number of hydrogen-bond donors (Lipinski definition) is 2. The molecule has 0 atom stereocenters. The van der Waals surface area contributed by atoms with Gasteiger partial charge in [-0.2, -0.15) is 0 Å². The zero-order valence-corrected chi connectivity index (χ0v) is 17.3. The molecule has 0 amide bonds. The van der Waals surface area contributed by atoms with E-state index in [0.29, 0.717) is 29.3 Å². The van der Waals surface area contributed by atoms with Crippen molar-refractivity contribution in [1.29, 1.82) is 0 Å². The van der Waals surface area contributed by atoms with Crippen LogP contribution in [0.15, 0.2) is 36.4 Å². The number of phenols is 2. The Balaban J connectivity index is 2.63. The molecule has 0 saturated heterocycles. The van der Waals surface area contributed by atoms with Gasteiger partial charge in [-0.15, -0.1) is 0 Å². The molecule has 26 heavy (non-hydrogen) atoms. The minimum Gasteiger partial charge on any atom is -0.508 e. The lowest BCUT2D eigenvalue weighted by molar-refractivity contribution is 0.380. The molecule has 0 aromatic heterocycles. The molecule has 0 aliphatic rings. The van der Waals surface area contributed by atoms with Gasteiger partial charge >= 0.3 is 0 Å². The normalized spacial score (nSPS) is 12.4. The number of rotatable bonds is 6. The van der Waals surface area contributed by atoms with Crippen molar-refractivity contribution in [3.05, 3.63) is 58.7 Å². The highest BCUT2D eigenvalue weighted by atomic mass is 16.3. The zero-order valence-electron chi connectivity index (χ0n) is 17.3. The van der Waals surface area contributed by atoms with Crippen LogP contribution in [0.5, 0.6) is 11.5 Å². The van der Waals surface area contributed by atoms with E-state index in [2.05, 4.69) is 60.6 Å². The predicted molar refractivity (Wildman–Crippen MR) is 110 cm³/mol. The molecule has 0 saturated carbocycles. The molecule has 2 nitrogen and oxygen atoms in total. The Morgan fingerprint density at radius 1 is 0.731 bits per heavy atom. The van der Waals surface area contributed by atoms with Crippen molar-refractivity contribution in [1.82, 2.24) is 0 Å². The van der Waals surface area contributed by atoms with Gasteiger partial charge in [0.1, 0.15) is 11.5 Å². The molecule has 0 aliphatic heterocycles. The molecule has 2 heteroatoms. The summed E-state index contributed by atoms with van der Waals surface area (Å²) in [5.74, 6) is 1.78. The van der Waals surface area contributed by atoms with Crippen LogP contribution in [0.25, 0.3) is 0 Å². The molecule has 2 N–H and O–H groups in total. The Hall–Kier alpha value is -1.96. The molecule has 0 fully saturated rings. The molecule has 0 heterocycles. The second kappa shape index (κ2) is 7.73. The lowest BCUT2D eigenvalue weighted by Gasteiger charge is -2.34. The van der Waals surface area contributed by atoms with Gasteiger partial charge in [-0.25, -0.2) is 0 Å². The lowest BCUT2D eigenvalue weighted by atomic mass is 9.70. The van der Waals surface area contributed by atoms with Crippen LogP contribution in [0, 0.1) is 5.92 Å². The highest BCUT2D eigenvalue weighted by Gasteiger charge is 2.34. The average Bonchev–Trinajstić information content (AvgIpc) is 2.53. The van der Waals surface area contributed by atoms with Crippen LogP contribution >= 0.6 is 0 Å². The fourth-order valence-corrected chi connectivity index (χ4v) is 3.93. The maximum absolute atomic E-state index is 10.8. The lowest BCUT2D eigenvalue weighted by Crippen LogP contribution is -2.26. The largest absolute Gasteiger partial charge is 0.508 e. The third kappa shape index (κ3) is 4.06. The molecular formula is C24H34O2. The van der Waals surface area contributed by atoms with Crippen molar-refractivity contribution >= 4 is 0 Å². The molecule has 2 aromatic rings. The summed E-state index contributed by atoms with van der Waals surface area (Å²) >= 11 is 0. The van der Waals surface area contributed by atoms with Crippen LogP contribution in [-0.4, -0.2) is 10.2 Å². The van der Waals surface area contributed by atoms with Gasteiger partial charge in [-0.3, -0.25) is 0 Å². The molecule has 0 radical (unpaired) electrons. The van der Waals surface area contributed by atoms with Crippen LogP contribution in [0.3, 0.4) is 0 Å². The molecule has 0 unspecified atom stereocenters. The first kappa shape index (κ1) is 20.4. The SMILES string of the molecule is CC(C)CC(C)(c1ccc(C(C)C)cc1O)c1ccc(C(C)C)cc1O. The summed E-state index contributed by atoms with van der Waals surface area (Å²) in [6, 6.07) is 12.0. The summed E-state index contributed by atoms with van der Waals surface area (Å²) in [7, 11) is 0. The summed E-state index contributed by atoms with van der Waals surface area (Å²) < 4.78 is 0. The number of benzene rings is 2. The van der Waals surface area contributed by atoms with Crippen molar-refractivity contribution in [3.8, 4) is 11.5 Å². The molecule has 0 bridgehead atoms. The Bertz CT molecular complexity index is 699. The minimum absolute atomic E-state index is 0.312. The van der Waals surface area contributed by atoms with E-state index in [1.54, 1.807) is 0 Å². The van der Waals surface area contributed by atoms with E-state index in [4.69, 9.17) is 0 Å². The third-order valence-electron chi connectivity index (χ3n) is 5.38. The average molecular weight is 355 g/mol. The van der Waals surface area contributed by atoms with E-state index >= 15 is 0 Å². The fourth-order valence-electron chi connectivity index (χ4n) is 3.93. The first-order valence-electron chi connectivity index (χ1n) is 9.73. The van der Waals surface area contributed by atoms with Crippen LogP contribution in [0.2, 0.25) is 0 Å². The Kier molecular flexibility index (Phi) is 6.05. The molecular weight excluding hydrogens is 320 g/mol. The predicted octanol–water partition coefficient (Wildman–Crippen LogP) is 6.70. The first-order valence-corrected chi connectivity index (χ1v) is 9.73. The van der Waals surface area contributed by atoms with E-state index in [9.17, 15) is 10.2 Å². The van der Waals surface area contributed by atoms with Crippen LogP contribution < -0.4 is 0 Å². The number of aromatic hydroxyl groups is 2. The van der Waals surface area contributed by atoms with Gasteiger partial charge in [-0.05, 0) is 47.4 Å². The van der Waals surface area contributed by atoms with Crippen molar-refractivity contribution < 1.29 is 10.2 Å². The maximum atomic E-state index is 10.8. The highest BCUT2D eigenvalue weighted by molar-refractivity contribution is 5.53. The van der Waals surface area contributed by atoms with E-state index in [-0.39, 0.29) is 0 Å². The monoisotopic (exact) mass is 354 g/mol. The Morgan fingerprint density at radius 3 is 1.38 bits per heavy atom. The molecule has 142 valence electrons. The molecule has 2 aromatic carbocycles. The topological polar surface area (TPSA) is 40.5 Å². The van der Waals surface area contributed by atoms with Crippen molar-refractivity contribution in [2.24, 2.45) is 5.92 Å². The molecule has 2 rings (SSSR count). The van der Waals surface area contributed by atoms with Gasteiger partial charge in [0.25, 0.3) is 0 Å². The standard InChI is InChI=1S/C24H34O2/c1-15(2)14-24(7,20-10-8-18(16(3)4)12-22(20)25)21-11-9-19(17(5)6)13-23(21)26/h8-13,15-17,25-26H,14H2,1-7H3. The summed E-state index contributed by atoms with van der Waals surface area (Å²) in [5.41, 5.74) is 3.55. The number of hydrogen-bond acceptors (Lipinski definition) is 2. The third-order valence-corrected chi connectivity index (χ3v) is 5.38. The van der Waals surface area contributed by atoms with E-state index in [1.807, 2.05) is 24.3 Å². The minimum atomic E-state index is -0.451. The molecule has 0 spiro atoms. The summed E-state index contributed by atoms with van der Waals surface area (Å²) in [6.45, 7) is 15.0. The van der Waals surface area contributed by atoms with Crippen molar-refractivity contribution in [3.63, 3.8) is 0 Å². The van der Waals surface area contributed by atoms with E-state index < -0.39 is 5.41 Å². The van der Waals surface area contributed by atoms with Crippen LogP contribution in [-0.2, 0) is 5.41 Å². The van der Waals surface area contributed by atoms with E-state index in [1.165, 1.54) is 0 Å². The highest BCUT2D eigenvalue weighted by Crippen LogP contribution is 2.46. The van der Waals surface area contributed by atoms with Gasteiger partial charge in [0.2, 0.25) is 0 Å². The quantitative estimate of drug-likeness (QED) is 0.606. The van der Waals surface area contributed by atoms with Gasteiger partial charge in [0.15, 0.2) is 0 Å². The van der Waals surface area contributed by atoms with Gasteiger partial charge in [-0.1, -0.05) is 72.7 Å². The number of phenolic OH excluding ortho intramolecular Hbond substituents is 2. The maximum Gasteiger partial charge on any atom is 0.119 e. The van der Waals surface area contributed by atoms with Crippen LogP contribution in [0.4, 0.5) is 0 Å². The summed E-state index contributed by atoms with van der Waals surface area (Å²) in [5, 5.41) is 21.6. The Labute approximate surface area is 158 Å². The first-order chi connectivity index (χ1) is 12.1. The zero-order chi connectivity index (χ0) is 19.6. The van der Waals surface area contributed by atoms with Crippen molar-refractivity contribution in [2.75, 3.05) is 0 Å². The Morgan fingerprint density at radius 2 is 1.12 bits per heavy atom. The van der Waals surface area contributed by atoms with Gasteiger partial charge in [0.05, 0.1) is 0 Å². The van der Waals surface area contributed by atoms with Gasteiger partial charge < -0.3 is 10.2 Å². The second-order valence-electron chi connectivity index (χ2n) is 8.79. The van der Waals surface area contributed by atoms with Crippen molar-refractivity contribution in [2.45, 2.75) is 72.1 Å². The second-order valence-corrected chi connectivity index (χ2v) is 8.79. The smallest absolute Gasteiger partial charge is 0.119 e.